The van der Waals surface area contributed by atoms with Gasteiger partial charge in [0.15, 0.2) is 0 Å². The lowest BCUT2D eigenvalue weighted by Crippen LogP contribution is -2.36. The molecule has 226 valence electrons. The van der Waals surface area contributed by atoms with Gasteiger partial charge in [-0.2, -0.15) is 4.98 Å². The van der Waals surface area contributed by atoms with Crippen LogP contribution in [0.1, 0.15) is 110 Å². The van der Waals surface area contributed by atoms with Gasteiger partial charge in [0.1, 0.15) is 5.82 Å². The Bertz CT molecular complexity index is 923. The molecule has 0 bridgehead atoms. The van der Waals surface area contributed by atoms with Crippen molar-refractivity contribution in [1.82, 2.24) is 10.3 Å². The molecule has 40 heavy (non-hydrogen) atoms. The van der Waals surface area contributed by atoms with Crippen molar-refractivity contribution in [3.63, 3.8) is 0 Å². The third kappa shape index (κ3) is 16.1. The van der Waals surface area contributed by atoms with Crippen LogP contribution in [-0.4, -0.2) is 42.8 Å². The Labute approximate surface area is 244 Å². The summed E-state index contributed by atoms with van der Waals surface area (Å²) in [5.41, 5.74) is 9.19. The first-order chi connectivity index (χ1) is 19.4. The van der Waals surface area contributed by atoms with Crippen molar-refractivity contribution >= 4 is 23.6 Å². The quantitative estimate of drug-likeness (QED) is 0.182. The van der Waals surface area contributed by atoms with E-state index < -0.39 is 0 Å². The lowest BCUT2D eigenvalue weighted by molar-refractivity contribution is -0.122. The summed E-state index contributed by atoms with van der Waals surface area (Å²) in [7, 11) is 0. The maximum Gasteiger partial charge on any atom is 0.220 e. The summed E-state index contributed by atoms with van der Waals surface area (Å²) in [5, 5.41) is 10.1. The number of carbonyl (C=O) groups is 1. The zero-order valence-electron chi connectivity index (χ0n) is 26.4. The van der Waals surface area contributed by atoms with Gasteiger partial charge in [0, 0.05) is 49.6 Å². The number of aryl methyl sites for hydroxylation is 1. The van der Waals surface area contributed by atoms with E-state index in [0.717, 1.165) is 50.0 Å². The van der Waals surface area contributed by atoms with Gasteiger partial charge in [-0.05, 0) is 44.6 Å². The highest BCUT2D eigenvalue weighted by molar-refractivity contribution is 5.77. The standard InChI is InChI=1S/C21H36N4O2.C8H9N.2C2H6/c1-3-12-25(13-4-2)18-15-19(22)24-21(16-18)27-14-8-11-20(26)23-17-9-6-5-7-10-17;1-7-3-2-4-8(5-7)6-9;2*1-2/h15-17H,3-14H2,1-2H3,(H2,22,24)(H,23,26);2-6,9H,1H3;2*1-2H3. The molecule has 1 heterocycles. The molecule has 7 nitrogen and oxygen atoms in total. The molecule has 0 aliphatic heterocycles. The number of nitrogens with two attached hydrogens (primary N) is 1. The van der Waals surface area contributed by atoms with Gasteiger partial charge in [-0.15, -0.1) is 0 Å². The second-order valence-electron chi connectivity index (χ2n) is 9.49. The first kappa shape index (κ1) is 36.9. The highest BCUT2D eigenvalue weighted by atomic mass is 16.5. The van der Waals surface area contributed by atoms with Gasteiger partial charge in [0.2, 0.25) is 11.8 Å². The van der Waals surface area contributed by atoms with E-state index in [0.29, 0.717) is 37.2 Å². The summed E-state index contributed by atoms with van der Waals surface area (Å²) in [6, 6.07) is 12.1. The van der Waals surface area contributed by atoms with Crippen LogP contribution in [0.25, 0.3) is 0 Å². The molecule has 1 fully saturated rings. The van der Waals surface area contributed by atoms with Crippen LogP contribution in [0.5, 0.6) is 5.88 Å². The van der Waals surface area contributed by atoms with Crippen molar-refractivity contribution in [3.8, 4) is 5.88 Å². The predicted molar refractivity (Wildman–Crippen MR) is 173 cm³/mol. The molecule has 0 unspecified atom stereocenters. The number of benzene rings is 1. The van der Waals surface area contributed by atoms with Gasteiger partial charge in [-0.25, -0.2) is 0 Å². The number of amides is 1. The van der Waals surface area contributed by atoms with Crippen LogP contribution >= 0.6 is 0 Å². The van der Waals surface area contributed by atoms with Crippen LogP contribution in [0.2, 0.25) is 0 Å². The van der Waals surface area contributed by atoms with Gasteiger partial charge in [0.05, 0.1) is 6.61 Å². The summed E-state index contributed by atoms with van der Waals surface area (Å²) in [4.78, 5) is 18.6. The molecule has 4 N–H and O–H groups in total. The number of aromatic nitrogens is 1. The van der Waals surface area contributed by atoms with Gasteiger partial charge in [-0.3, -0.25) is 4.79 Å². The van der Waals surface area contributed by atoms with Crippen LogP contribution in [0.3, 0.4) is 0 Å². The number of anilines is 2. The SMILES string of the molecule is CC.CC.CCCN(CCC)c1cc(N)nc(OCCCC(=O)NC2CCCCC2)c1.Cc1cccc(C=N)c1. The minimum Gasteiger partial charge on any atom is -0.478 e. The highest BCUT2D eigenvalue weighted by Gasteiger charge is 2.15. The van der Waals surface area contributed by atoms with Crippen molar-refractivity contribution in [2.45, 2.75) is 112 Å². The fourth-order valence-electron chi connectivity index (χ4n) is 4.39. The number of ether oxygens (including phenoxy) is 1. The third-order valence-corrected chi connectivity index (χ3v) is 6.14. The summed E-state index contributed by atoms with van der Waals surface area (Å²) < 4.78 is 5.78. The van der Waals surface area contributed by atoms with Gasteiger partial charge >= 0.3 is 0 Å². The highest BCUT2D eigenvalue weighted by Crippen LogP contribution is 2.23. The van der Waals surface area contributed by atoms with Crippen molar-refractivity contribution < 1.29 is 9.53 Å². The van der Waals surface area contributed by atoms with Crippen molar-refractivity contribution in [2.75, 3.05) is 30.3 Å². The van der Waals surface area contributed by atoms with E-state index in [2.05, 4.69) is 29.0 Å². The average molecular weight is 556 g/mol. The van der Waals surface area contributed by atoms with Crippen LogP contribution < -0.4 is 20.7 Å². The van der Waals surface area contributed by atoms with Crippen molar-refractivity contribution in [1.29, 1.82) is 5.41 Å². The summed E-state index contributed by atoms with van der Waals surface area (Å²) in [6.07, 6.45) is 10.7. The smallest absolute Gasteiger partial charge is 0.220 e. The molecular formula is C33H57N5O2. The van der Waals surface area contributed by atoms with Crippen LogP contribution in [-0.2, 0) is 4.79 Å². The molecule has 1 aliphatic carbocycles. The van der Waals surface area contributed by atoms with Crippen LogP contribution in [0, 0.1) is 12.3 Å². The number of nitrogen functional groups attached to an aromatic ring is 1. The van der Waals surface area contributed by atoms with Crippen LogP contribution in [0.15, 0.2) is 36.4 Å². The normalized spacial score (nSPS) is 12.3. The number of carbonyl (C=O) groups excluding carboxylic acids is 1. The first-order valence-corrected chi connectivity index (χ1v) is 15.5. The Balaban J connectivity index is 0.000000974. The molecule has 2 aromatic rings. The van der Waals surface area contributed by atoms with E-state index in [1.807, 2.05) is 71.0 Å². The fourth-order valence-corrected chi connectivity index (χ4v) is 4.39. The molecule has 3 rings (SSSR count). The molecule has 1 aromatic heterocycles. The summed E-state index contributed by atoms with van der Waals surface area (Å²) >= 11 is 0. The monoisotopic (exact) mass is 555 g/mol. The maximum absolute atomic E-state index is 12.1. The van der Waals surface area contributed by atoms with E-state index >= 15 is 0 Å². The number of nitrogens with zero attached hydrogens (tertiary/aromatic N) is 2. The molecular weight excluding hydrogens is 498 g/mol. The maximum atomic E-state index is 12.1. The number of hydrogen-bond acceptors (Lipinski definition) is 6. The predicted octanol–water partition coefficient (Wildman–Crippen LogP) is 7.94. The van der Waals surface area contributed by atoms with E-state index in [9.17, 15) is 4.79 Å². The second kappa shape index (κ2) is 23.8. The van der Waals surface area contributed by atoms with E-state index in [-0.39, 0.29) is 5.91 Å². The number of rotatable bonds is 12. The van der Waals surface area contributed by atoms with Gasteiger partial charge in [-0.1, -0.05) is 90.6 Å². The molecule has 7 heteroatoms. The average Bonchev–Trinajstić information content (AvgIpc) is 2.98. The van der Waals surface area contributed by atoms with Crippen LogP contribution in [0.4, 0.5) is 11.5 Å². The Morgan fingerprint density at radius 2 is 1.73 bits per heavy atom. The topological polar surface area (TPSA) is 104 Å². The molecule has 1 amide bonds. The molecule has 0 radical (unpaired) electrons. The first-order valence-electron chi connectivity index (χ1n) is 15.5. The summed E-state index contributed by atoms with van der Waals surface area (Å²) in [6.45, 7) is 16.8. The van der Waals surface area contributed by atoms with Gasteiger partial charge < -0.3 is 26.1 Å². The Morgan fingerprint density at radius 1 is 1.07 bits per heavy atom. The lowest BCUT2D eigenvalue weighted by atomic mass is 9.95. The Hall–Kier alpha value is -3.09. The van der Waals surface area contributed by atoms with E-state index in [4.69, 9.17) is 15.9 Å². The van der Waals surface area contributed by atoms with Crippen molar-refractivity contribution in [2.24, 2.45) is 0 Å². The fraction of sp³-hybridized carbons (Fsp3) is 0.606. The Kier molecular flexibility index (Phi) is 21.9. The molecule has 1 saturated carbocycles. The zero-order valence-corrected chi connectivity index (χ0v) is 26.4. The molecule has 0 saturated heterocycles. The zero-order chi connectivity index (χ0) is 30.2. The van der Waals surface area contributed by atoms with E-state index in [1.54, 1.807) is 0 Å². The third-order valence-electron chi connectivity index (χ3n) is 6.14. The van der Waals surface area contributed by atoms with E-state index in [1.165, 1.54) is 31.0 Å². The van der Waals surface area contributed by atoms with Gasteiger partial charge in [0.25, 0.3) is 0 Å². The second-order valence-corrected chi connectivity index (χ2v) is 9.49. The molecule has 1 aliphatic rings. The number of nitrogens with one attached hydrogen (secondary N) is 2. The summed E-state index contributed by atoms with van der Waals surface area (Å²) in [5.74, 6) is 1.13. The lowest BCUT2D eigenvalue weighted by Gasteiger charge is -2.24. The molecule has 1 aromatic carbocycles. The minimum absolute atomic E-state index is 0.129. The van der Waals surface area contributed by atoms with Crippen molar-refractivity contribution in [3.05, 3.63) is 47.5 Å². The molecule has 0 spiro atoms. The molecule has 0 atom stereocenters. The minimum atomic E-state index is 0.129. The number of pyridine rings is 1. The Morgan fingerprint density at radius 3 is 2.27 bits per heavy atom. The number of hydrogen-bond donors (Lipinski definition) is 3. The largest absolute Gasteiger partial charge is 0.478 e.